The van der Waals surface area contributed by atoms with Crippen molar-refractivity contribution in [3.05, 3.63) is 80.7 Å². The zero-order valence-corrected chi connectivity index (χ0v) is 25.3. The lowest BCUT2D eigenvalue weighted by molar-refractivity contribution is -0.804. The molecule has 2 N–H and O–H groups in total. The first-order chi connectivity index (χ1) is 21.3. The highest BCUT2D eigenvalue weighted by Gasteiger charge is 2.61. The van der Waals surface area contributed by atoms with E-state index in [0.29, 0.717) is 10.6 Å². The van der Waals surface area contributed by atoms with Crippen LogP contribution in [0.4, 0.5) is 9.80 Å². The van der Waals surface area contributed by atoms with Gasteiger partial charge in [0.25, 0.3) is 10.2 Å². The molecule has 2 heterocycles. The third-order valence-electron chi connectivity index (χ3n) is 6.95. The van der Waals surface area contributed by atoms with Gasteiger partial charge in [-0.05, 0) is 62.6 Å². The van der Waals surface area contributed by atoms with Gasteiger partial charge in [0.2, 0.25) is 11.5 Å². The lowest BCUT2D eigenvalue weighted by atomic mass is 9.88. The van der Waals surface area contributed by atoms with Crippen LogP contribution in [0.2, 0.25) is 0 Å². The SMILES string of the molecule is CC(C)(C)OC(=O)NC[C@@H](C(=O)Nc1cc2ccncc2s1)C1C[C@@H](O[N+](=O)[O-])[C@@](O[N+](=O)[O-])(C(=O)OCc2ccccc2)C1. The molecule has 4 atom stereocenters. The van der Waals surface area contributed by atoms with Gasteiger partial charge >= 0.3 is 12.1 Å². The first-order valence-electron chi connectivity index (χ1n) is 13.7. The van der Waals surface area contributed by atoms with Crippen molar-refractivity contribution in [2.45, 2.75) is 57.5 Å². The fourth-order valence-corrected chi connectivity index (χ4v) is 6.01. The maximum atomic E-state index is 13.7. The predicted octanol–water partition coefficient (Wildman–Crippen LogP) is 4.05. The van der Waals surface area contributed by atoms with Crippen LogP contribution in [0.1, 0.15) is 39.2 Å². The second kappa shape index (κ2) is 13.7. The summed E-state index contributed by atoms with van der Waals surface area (Å²) in [7, 11) is 0. The zero-order valence-electron chi connectivity index (χ0n) is 24.5. The van der Waals surface area contributed by atoms with Gasteiger partial charge in [-0.15, -0.1) is 31.6 Å². The van der Waals surface area contributed by atoms with Crippen molar-refractivity contribution in [2.75, 3.05) is 11.9 Å². The molecule has 4 rings (SSSR count). The second-order valence-electron chi connectivity index (χ2n) is 11.3. The Kier molecular flexibility index (Phi) is 10.0. The minimum atomic E-state index is -2.59. The van der Waals surface area contributed by atoms with Crippen LogP contribution in [0.5, 0.6) is 0 Å². The molecule has 1 fully saturated rings. The minimum absolute atomic E-state index is 0.316. The van der Waals surface area contributed by atoms with Crippen LogP contribution in [-0.4, -0.2) is 57.0 Å². The number of aromatic nitrogens is 1. The number of carbonyl (C=O) groups is 3. The number of hydrogen-bond donors (Lipinski definition) is 2. The number of fused-ring (bicyclic) bond motifs is 1. The Hall–Kier alpha value is -5.06. The van der Waals surface area contributed by atoms with Crippen molar-refractivity contribution < 1.29 is 43.7 Å². The molecule has 3 aromatic rings. The minimum Gasteiger partial charge on any atom is -0.459 e. The van der Waals surface area contributed by atoms with Crippen molar-refractivity contribution in [2.24, 2.45) is 11.8 Å². The van der Waals surface area contributed by atoms with E-state index in [0.717, 1.165) is 10.1 Å². The van der Waals surface area contributed by atoms with Gasteiger partial charge in [0, 0.05) is 18.9 Å². The molecule has 1 saturated carbocycles. The molecular weight excluding hydrogens is 614 g/mol. The standard InChI is InChI=1S/C28H31N5O11S/c1-27(2,3)42-26(36)30-14-20(24(34)31-23-12-18-9-10-29-15-21(18)45-23)19-11-22(43-32(37)38)28(13-19,44-33(39)40)25(35)41-16-17-7-5-4-6-8-17/h4-10,12,15,19-20,22H,11,13-14,16H2,1-3H3,(H,30,36)(H,31,34)/t19?,20-,22-,28-/m1/s1. The van der Waals surface area contributed by atoms with Crippen molar-refractivity contribution in [1.29, 1.82) is 0 Å². The summed E-state index contributed by atoms with van der Waals surface area (Å²) < 4.78 is 11.4. The summed E-state index contributed by atoms with van der Waals surface area (Å²) in [5.41, 5.74) is -2.91. The first-order valence-corrected chi connectivity index (χ1v) is 14.5. The zero-order chi connectivity index (χ0) is 32.8. The molecule has 0 saturated heterocycles. The van der Waals surface area contributed by atoms with E-state index in [2.05, 4.69) is 15.6 Å². The highest BCUT2D eigenvalue weighted by molar-refractivity contribution is 7.22. The number of hydrogen-bond acceptors (Lipinski definition) is 13. The normalized spacial score (nSPS) is 20.1. The molecule has 0 spiro atoms. The van der Waals surface area contributed by atoms with Crippen molar-refractivity contribution in [3.8, 4) is 0 Å². The molecule has 0 bridgehead atoms. The predicted molar refractivity (Wildman–Crippen MR) is 158 cm³/mol. The Balaban J connectivity index is 1.64. The van der Waals surface area contributed by atoms with Gasteiger partial charge in [-0.1, -0.05) is 30.3 Å². The Bertz CT molecular complexity index is 1530. The Morgan fingerprint density at radius 3 is 2.51 bits per heavy atom. The number of anilines is 1. The summed E-state index contributed by atoms with van der Waals surface area (Å²) in [6.45, 7) is 4.27. The summed E-state index contributed by atoms with van der Waals surface area (Å²) >= 11 is 1.24. The average Bonchev–Trinajstić information content (AvgIpc) is 3.51. The van der Waals surface area contributed by atoms with E-state index in [1.807, 2.05) is 0 Å². The molecule has 16 nitrogen and oxygen atoms in total. The van der Waals surface area contributed by atoms with Gasteiger partial charge in [-0.2, -0.15) is 0 Å². The van der Waals surface area contributed by atoms with Crippen LogP contribution in [0, 0.1) is 32.1 Å². The van der Waals surface area contributed by atoms with Crippen LogP contribution in [0.15, 0.2) is 54.9 Å². The Morgan fingerprint density at radius 2 is 1.87 bits per heavy atom. The van der Waals surface area contributed by atoms with Crippen LogP contribution in [0.25, 0.3) is 10.1 Å². The summed E-state index contributed by atoms with van der Waals surface area (Å²) in [6.07, 6.45) is -0.436. The van der Waals surface area contributed by atoms with E-state index in [1.165, 1.54) is 11.3 Å². The van der Waals surface area contributed by atoms with Crippen LogP contribution < -0.4 is 10.6 Å². The van der Waals surface area contributed by atoms with Crippen LogP contribution >= 0.6 is 11.3 Å². The average molecular weight is 646 g/mol. The molecule has 0 aliphatic heterocycles. The molecule has 1 aromatic carbocycles. The molecule has 1 aliphatic carbocycles. The lowest BCUT2D eigenvalue weighted by Gasteiger charge is -2.29. The fourth-order valence-electron chi connectivity index (χ4n) is 5.08. The number of ether oxygens (including phenoxy) is 2. The van der Waals surface area contributed by atoms with Gasteiger partial charge in [-0.3, -0.25) is 14.6 Å². The monoisotopic (exact) mass is 645 g/mol. The Labute approximate surface area is 260 Å². The number of pyridine rings is 1. The maximum absolute atomic E-state index is 13.7. The number of esters is 1. The number of nitrogens with one attached hydrogen (secondary N) is 2. The van der Waals surface area contributed by atoms with Gasteiger partial charge < -0.3 is 24.9 Å². The highest BCUT2D eigenvalue weighted by Crippen LogP contribution is 2.45. The summed E-state index contributed by atoms with van der Waals surface area (Å²) in [5, 5.41) is 27.2. The van der Waals surface area contributed by atoms with Crippen molar-refractivity contribution in [1.82, 2.24) is 10.3 Å². The second-order valence-corrected chi connectivity index (χ2v) is 12.4. The first kappa shape index (κ1) is 32.8. The van der Waals surface area contributed by atoms with E-state index in [1.54, 1.807) is 75.6 Å². The van der Waals surface area contributed by atoms with E-state index in [9.17, 15) is 34.6 Å². The number of benzene rings is 1. The van der Waals surface area contributed by atoms with Crippen LogP contribution in [0.3, 0.4) is 0 Å². The summed E-state index contributed by atoms with van der Waals surface area (Å²) in [6, 6.07) is 11.9. The molecular formula is C28H31N5O11S. The van der Waals surface area contributed by atoms with Crippen molar-refractivity contribution in [3.63, 3.8) is 0 Å². The number of rotatable bonds is 12. The third kappa shape index (κ3) is 8.53. The fraction of sp³-hybridized carbons (Fsp3) is 0.429. The van der Waals surface area contributed by atoms with E-state index < -0.39 is 70.1 Å². The molecule has 2 amide bonds. The molecule has 1 aliphatic rings. The van der Waals surface area contributed by atoms with Gasteiger partial charge in [-0.25, -0.2) is 9.59 Å². The molecule has 2 aromatic heterocycles. The maximum Gasteiger partial charge on any atom is 0.407 e. The number of amides is 2. The van der Waals surface area contributed by atoms with Gasteiger partial charge in [0.15, 0.2) is 0 Å². The largest absolute Gasteiger partial charge is 0.459 e. The molecule has 17 heteroatoms. The molecule has 1 unspecified atom stereocenters. The quantitative estimate of drug-likeness (QED) is 0.162. The molecule has 45 heavy (non-hydrogen) atoms. The van der Waals surface area contributed by atoms with E-state index in [4.69, 9.17) is 19.1 Å². The van der Waals surface area contributed by atoms with Gasteiger partial charge in [0.1, 0.15) is 18.3 Å². The Morgan fingerprint density at radius 1 is 1.13 bits per heavy atom. The number of carbonyl (C=O) groups excluding carboxylic acids is 3. The lowest BCUT2D eigenvalue weighted by Crippen LogP contribution is -2.52. The highest BCUT2D eigenvalue weighted by atomic mass is 32.1. The van der Waals surface area contributed by atoms with Gasteiger partial charge in [0.05, 0.1) is 15.6 Å². The van der Waals surface area contributed by atoms with Crippen molar-refractivity contribution >= 4 is 44.4 Å². The van der Waals surface area contributed by atoms with E-state index in [-0.39, 0.29) is 13.2 Å². The number of thiophene rings is 1. The number of alkyl carbamates (subject to hydrolysis) is 1. The van der Waals surface area contributed by atoms with E-state index >= 15 is 0 Å². The summed E-state index contributed by atoms with van der Waals surface area (Å²) in [4.78, 5) is 76.5. The summed E-state index contributed by atoms with van der Waals surface area (Å²) in [5.74, 6) is -4.11. The topological polar surface area (TPSA) is 211 Å². The molecule has 0 radical (unpaired) electrons. The van der Waals surface area contributed by atoms with Crippen LogP contribution in [-0.2, 0) is 35.3 Å². The third-order valence-corrected chi connectivity index (χ3v) is 7.95. The number of nitrogens with zero attached hydrogens (tertiary/aromatic N) is 3. The smallest absolute Gasteiger partial charge is 0.407 e. The molecule has 240 valence electrons.